The van der Waals surface area contributed by atoms with Gasteiger partial charge in [-0.2, -0.15) is 5.06 Å². The SMILES string of the molecule is CCON(CC=O)C(=O)NCc1ccc(C(=O)N2CCCN(C)c3ccccc32)cc1C. The molecule has 2 aromatic rings. The molecular formula is C24H30N4O4. The van der Waals surface area contributed by atoms with Crippen LogP contribution in [0, 0.1) is 6.92 Å². The molecule has 0 atom stereocenters. The summed E-state index contributed by atoms with van der Waals surface area (Å²) in [4.78, 5) is 45.5. The molecule has 0 radical (unpaired) electrons. The number of aldehydes is 1. The number of amides is 3. The molecule has 32 heavy (non-hydrogen) atoms. The van der Waals surface area contributed by atoms with Gasteiger partial charge in [0.25, 0.3) is 5.91 Å². The molecule has 2 aromatic carbocycles. The summed E-state index contributed by atoms with van der Waals surface area (Å²) in [5.41, 5.74) is 4.35. The molecule has 0 aromatic heterocycles. The standard InChI is InChI=1S/C24H30N4O4/c1-4-32-28(14-15-29)24(31)25-17-20-11-10-19(16-18(20)2)23(30)27-13-7-12-26(3)21-8-5-6-9-22(21)27/h5-6,8-11,15-16H,4,7,12-14,17H2,1-3H3,(H,25,31). The van der Waals surface area contributed by atoms with Crippen molar-refractivity contribution in [1.29, 1.82) is 0 Å². The number of nitrogens with one attached hydrogen (secondary N) is 1. The summed E-state index contributed by atoms with van der Waals surface area (Å²) in [6.07, 6.45) is 1.50. The van der Waals surface area contributed by atoms with Crippen molar-refractivity contribution in [3.8, 4) is 0 Å². The Morgan fingerprint density at radius 1 is 1.16 bits per heavy atom. The second kappa shape index (κ2) is 10.8. The molecule has 3 rings (SSSR count). The summed E-state index contributed by atoms with van der Waals surface area (Å²) in [6, 6.07) is 13.0. The van der Waals surface area contributed by atoms with E-state index in [9.17, 15) is 14.4 Å². The number of urea groups is 1. The van der Waals surface area contributed by atoms with Gasteiger partial charge in [0, 0.05) is 32.2 Å². The quantitative estimate of drug-likeness (QED) is 0.531. The molecule has 0 saturated carbocycles. The molecule has 170 valence electrons. The second-order valence-corrected chi connectivity index (χ2v) is 7.67. The first-order valence-electron chi connectivity index (χ1n) is 10.8. The van der Waals surface area contributed by atoms with E-state index in [0.29, 0.717) is 18.4 Å². The van der Waals surface area contributed by atoms with Crippen molar-refractivity contribution in [2.45, 2.75) is 26.8 Å². The smallest absolute Gasteiger partial charge is 0.342 e. The third-order valence-corrected chi connectivity index (χ3v) is 5.48. The molecule has 0 bridgehead atoms. The zero-order chi connectivity index (χ0) is 23.1. The van der Waals surface area contributed by atoms with E-state index in [1.165, 1.54) is 0 Å². The summed E-state index contributed by atoms with van der Waals surface area (Å²) in [5, 5.41) is 3.74. The van der Waals surface area contributed by atoms with Gasteiger partial charge in [-0.1, -0.05) is 18.2 Å². The number of nitrogens with zero attached hydrogens (tertiary/aromatic N) is 3. The average Bonchev–Trinajstić information content (AvgIpc) is 2.96. The van der Waals surface area contributed by atoms with Gasteiger partial charge in [0.1, 0.15) is 12.8 Å². The lowest BCUT2D eigenvalue weighted by Gasteiger charge is -2.24. The minimum Gasteiger partial charge on any atom is -0.373 e. The number of rotatable bonds is 7. The first-order chi connectivity index (χ1) is 15.5. The lowest BCUT2D eigenvalue weighted by atomic mass is 10.0. The van der Waals surface area contributed by atoms with E-state index in [4.69, 9.17) is 4.84 Å². The van der Waals surface area contributed by atoms with E-state index in [1.807, 2.05) is 55.3 Å². The minimum absolute atomic E-state index is 0.0417. The number of hydroxylamine groups is 2. The van der Waals surface area contributed by atoms with Crippen molar-refractivity contribution < 1.29 is 19.2 Å². The number of hydrogen-bond acceptors (Lipinski definition) is 5. The largest absolute Gasteiger partial charge is 0.373 e. The van der Waals surface area contributed by atoms with Gasteiger partial charge in [-0.3, -0.25) is 9.63 Å². The van der Waals surface area contributed by atoms with E-state index in [-0.39, 0.29) is 25.6 Å². The van der Waals surface area contributed by atoms with Crippen molar-refractivity contribution >= 4 is 29.6 Å². The number of fused-ring (bicyclic) bond motifs is 1. The summed E-state index contributed by atoms with van der Waals surface area (Å²) < 4.78 is 0. The maximum Gasteiger partial charge on any atom is 0.342 e. The zero-order valence-electron chi connectivity index (χ0n) is 18.8. The highest BCUT2D eigenvalue weighted by Crippen LogP contribution is 2.32. The molecule has 0 unspecified atom stereocenters. The Morgan fingerprint density at radius 3 is 2.59 bits per heavy atom. The van der Waals surface area contributed by atoms with Crippen LogP contribution in [-0.2, 0) is 16.2 Å². The van der Waals surface area contributed by atoms with Crippen LogP contribution in [0.5, 0.6) is 0 Å². The fourth-order valence-electron chi connectivity index (χ4n) is 3.79. The lowest BCUT2D eigenvalue weighted by molar-refractivity contribution is -0.130. The molecule has 3 amide bonds. The minimum atomic E-state index is -0.483. The van der Waals surface area contributed by atoms with Gasteiger partial charge in [-0.05, 0) is 55.7 Å². The lowest BCUT2D eigenvalue weighted by Crippen LogP contribution is -2.40. The number of hydrogen-bond donors (Lipinski definition) is 1. The summed E-state index contributed by atoms with van der Waals surface area (Å²) in [6.45, 7) is 5.60. The van der Waals surface area contributed by atoms with Crippen LogP contribution >= 0.6 is 0 Å². The Balaban J connectivity index is 1.73. The molecule has 8 nitrogen and oxygen atoms in total. The number of aryl methyl sites for hydroxylation is 1. The molecule has 1 aliphatic rings. The highest BCUT2D eigenvalue weighted by molar-refractivity contribution is 6.08. The molecule has 0 aliphatic carbocycles. The van der Waals surface area contributed by atoms with Crippen LogP contribution in [0.2, 0.25) is 0 Å². The van der Waals surface area contributed by atoms with Crippen LogP contribution in [0.25, 0.3) is 0 Å². The summed E-state index contributed by atoms with van der Waals surface area (Å²) in [7, 11) is 2.04. The molecular weight excluding hydrogens is 408 g/mol. The number of benzene rings is 2. The second-order valence-electron chi connectivity index (χ2n) is 7.67. The fourth-order valence-corrected chi connectivity index (χ4v) is 3.79. The van der Waals surface area contributed by atoms with Crippen molar-refractivity contribution in [3.05, 3.63) is 59.2 Å². The van der Waals surface area contributed by atoms with Crippen molar-refractivity contribution in [2.75, 3.05) is 43.1 Å². The number of carbonyl (C=O) groups excluding carboxylic acids is 3. The monoisotopic (exact) mass is 438 g/mol. The van der Waals surface area contributed by atoms with Gasteiger partial charge in [0.15, 0.2) is 0 Å². The molecule has 0 spiro atoms. The van der Waals surface area contributed by atoms with E-state index < -0.39 is 6.03 Å². The summed E-state index contributed by atoms with van der Waals surface area (Å²) >= 11 is 0. The highest BCUT2D eigenvalue weighted by atomic mass is 16.7. The Hall–Kier alpha value is -3.39. The van der Waals surface area contributed by atoms with Crippen LogP contribution in [0.4, 0.5) is 16.2 Å². The normalized spacial score (nSPS) is 13.2. The van der Waals surface area contributed by atoms with Gasteiger partial charge in [-0.15, -0.1) is 0 Å². The van der Waals surface area contributed by atoms with E-state index in [1.54, 1.807) is 13.0 Å². The first kappa shape index (κ1) is 23.3. The third-order valence-electron chi connectivity index (χ3n) is 5.48. The van der Waals surface area contributed by atoms with Crippen LogP contribution in [0.15, 0.2) is 42.5 Å². The number of anilines is 2. The Labute approximate surface area is 188 Å². The molecule has 8 heteroatoms. The third kappa shape index (κ3) is 5.26. The van der Waals surface area contributed by atoms with Crippen molar-refractivity contribution in [3.63, 3.8) is 0 Å². The maximum atomic E-state index is 13.4. The van der Waals surface area contributed by atoms with Crippen molar-refractivity contribution in [1.82, 2.24) is 10.4 Å². The van der Waals surface area contributed by atoms with E-state index >= 15 is 0 Å². The van der Waals surface area contributed by atoms with Gasteiger partial charge < -0.3 is 19.9 Å². The van der Waals surface area contributed by atoms with E-state index in [0.717, 1.165) is 40.5 Å². The zero-order valence-corrected chi connectivity index (χ0v) is 18.8. The van der Waals surface area contributed by atoms with Crippen LogP contribution in [-0.4, -0.2) is 56.6 Å². The van der Waals surface area contributed by atoms with Gasteiger partial charge in [0.2, 0.25) is 0 Å². The van der Waals surface area contributed by atoms with Crippen LogP contribution < -0.4 is 15.1 Å². The molecule has 0 saturated heterocycles. The van der Waals surface area contributed by atoms with Gasteiger partial charge in [0.05, 0.1) is 18.0 Å². The predicted molar refractivity (Wildman–Crippen MR) is 124 cm³/mol. The van der Waals surface area contributed by atoms with E-state index in [2.05, 4.69) is 10.2 Å². The Morgan fingerprint density at radius 2 is 1.91 bits per heavy atom. The number of para-hydroxylation sites is 2. The highest BCUT2D eigenvalue weighted by Gasteiger charge is 2.24. The van der Waals surface area contributed by atoms with Crippen LogP contribution in [0.3, 0.4) is 0 Å². The molecule has 1 aliphatic heterocycles. The predicted octanol–water partition coefficient (Wildman–Crippen LogP) is 3.14. The number of carbonyl (C=O) groups is 3. The first-order valence-corrected chi connectivity index (χ1v) is 10.8. The average molecular weight is 439 g/mol. The fraction of sp³-hybridized carbons (Fsp3) is 0.375. The molecule has 1 heterocycles. The Bertz CT molecular complexity index is 978. The van der Waals surface area contributed by atoms with Gasteiger partial charge in [-0.25, -0.2) is 4.79 Å². The molecule has 1 N–H and O–H groups in total. The topological polar surface area (TPSA) is 82.2 Å². The van der Waals surface area contributed by atoms with Crippen LogP contribution in [0.1, 0.15) is 34.8 Å². The summed E-state index contributed by atoms with van der Waals surface area (Å²) in [5.74, 6) is -0.0417. The van der Waals surface area contributed by atoms with Gasteiger partial charge >= 0.3 is 6.03 Å². The Kier molecular flexibility index (Phi) is 7.83. The molecule has 0 fully saturated rings. The maximum absolute atomic E-state index is 13.4. The van der Waals surface area contributed by atoms with Crippen molar-refractivity contribution in [2.24, 2.45) is 0 Å².